The van der Waals surface area contributed by atoms with Gasteiger partial charge in [-0.2, -0.15) is 0 Å². The van der Waals surface area contributed by atoms with Gasteiger partial charge in [0.25, 0.3) is 0 Å². The Balaban J connectivity index is 1.44. The molecule has 3 aliphatic carbocycles. The van der Waals surface area contributed by atoms with Crippen molar-refractivity contribution >= 4 is 11.9 Å². The summed E-state index contributed by atoms with van der Waals surface area (Å²) < 4.78 is 0. The number of amides is 1. The molecule has 0 bridgehead atoms. The molecule has 5 heteroatoms. The van der Waals surface area contributed by atoms with Crippen LogP contribution in [0.25, 0.3) is 0 Å². The molecule has 0 radical (unpaired) electrons. The lowest BCUT2D eigenvalue weighted by molar-refractivity contribution is -0.140. The molecule has 3 aliphatic rings. The van der Waals surface area contributed by atoms with Gasteiger partial charge in [0, 0.05) is 24.0 Å². The second kappa shape index (κ2) is 6.19. The Hall–Kier alpha value is -1.10. The first-order valence-electron chi connectivity index (χ1n) is 8.79. The molecule has 0 unspecified atom stereocenters. The monoisotopic (exact) mass is 308 g/mol. The summed E-state index contributed by atoms with van der Waals surface area (Å²) in [5.74, 6) is 0.199. The highest BCUT2D eigenvalue weighted by Crippen LogP contribution is 2.50. The molecule has 5 nitrogen and oxygen atoms in total. The average Bonchev–Trinajstić information content (AvgIpc) is 3.28. The van der Waals surface area contributed by atoms with E-state index in [1.165, 1.54) is 12.8 Å². The summed E-state index contributed by atoms with van der Waals surface area (Å²) in [4.78, 5) is 25.5. The number of hydrogen-bond acceptors (Lipinski definition) is 3. The highest BCUT2D eigenvalue weighted by Gasteiger charge is 2.50. The number of aliphatic carboxylic acids is 1. The molecule has 22 heavy (non-hydrogen) atoms. The SMILES string of the molecule is CCCC1(C(=O)NC2CC(N(CC(=O)O)CC3CC3)C2)CC1. The summed E-state index contributed by atoms with van der Waals surface area (Å²) in [6.45, 7) is 3.19. The summed E-state index contributed by atoms with van der Waals surface area (Å²) in [7, 11) is 0. The summed E-state index contributed by atoms with van der Waals surface area (Å²) in [6.07, 6.45) is 8.44. The first-order chi connectivity index (χ1) is 10.5. The second-order valence-electron chi connectivity index (χ2n) is 7.59. The highest BCUT2D eigenvalue weighted by atomic mass is 16.4. The molecule has 3 rings (SSSR count). The van der Waals surface area contributed by atoms with Crippen LogP contribution in [0.5, 0.6) is 0 Å². The van der Waals surface area contributed by atoms with Gasteiger partial charge in [-0.3, -0.25) is 14.5 Å². The van der Waals surface area contributed by atoms with Crippen molar-refractivity contribution in [1.29, 1.82) is 0 Å². The van der Waals surface area contributed by atoms with Crippen LogP contribution in [0.15, 0.2) is 0 Å². The molecule has 3 saturated carbocycles. The number of hydrogen-bond donors (Lipinski definition) is 2. The van der Waals surface area contributed by atoms with Gasteiger partial charge in [-0.1, -0.05) is 13.3 Å². The summed E-state index contributed by atoms with van der Waals surface area (Å²) in [6, 6.07) is 0.589. The second-order valence-corrected chi connectivity index (χ2v) is 7.59. The molecule has 1 amide bonds. The largest absolute Gasteiger partial charge is 0.480 e. The van der Waals surface area contributed by atoms with Gasteiger partial charge in [0.2, 0.25) is 5.91 Å². The van der Waals surface area contributed by atoms with E-state index < -0.39 is 5.97 Å². The lowest BCUT2D eigenvalue weighted by atomic mass is 9.84. The topological polar surface area (TPSA) is 69.6 Å². The molecule has 0 aromatic carbocycles. The third kappa shape index (κ3) is 3.62. The van der Waals surface area contributed by atoms with Crippen molar-refractivity contribution in [1.82, 2.24) is 10.2 Å². The predicted molar refractivity (Wildman–Crippen MR) is 83.5 cm³/mol. The Morgan fingerprint density at radius 2 is 1.95 bits per heavy atom. The number of nitrogens with zero attached hydrogens (tertiary/aromatic N) is 1. The first-order valence-corrected chi connectivity index (χ1v) is 8.79. The fourth-order valence-electron chi connectivity index (χ4n) is 3.71. The van der Waals surface area contributed by atoms with Gasteiger partial charge in [-0.05, 0) is 50.9 Å². The van der Waals surface area contributed by atoms with Crippen molar-refractivity contribution in [2.24, 2.45) is 11.3 Å². The van der Waals surface area contributed by atoms with Gasteiger partial charge in [-0.15, -0.1) is 0 Å². The standard InChI is InChI=1S/C17H28N2O3/c1-2-5-17(6-7-17)16(22)18-13-8-14(9-13)19(11-15(20)21)10-12-3-4-12/h12-14H,2-11H2,1H3,(H,18,22)(H,20,21). The number of nitrogens with one attached hydrogen (secondary N) is 1. The summed E-state index contributed by atoms with van der Waals surface area (Å²) in [5, 5.41) is 12.3. The normalized spacial score (nSPS) is 29.0. The molecule has 0 spiro atoms. The van der Waals surface area contributed by atoms with Gasteiger partial charge in [0.05, 0.1) is 6.54 Å². The van der Waals surface area contributed by atoms with E-state index in [1.54, 1.807) is 0 Å². The molecule has 124 valence electrons. The van der Waals surface area contributed by atoms with E-state index in [-0.39, 0.29) is 23.9 Å². The molecule has 2 N–H and O–H groups in total. The predicted octanol–water partition coefficient (Wildman–Crippen LogP) is 2.01. The Morgan fingerprint density at radius 3 is 2.45 bits per heavy atom. The van der Waals surface area contributed by atoms with Crippen molar-refractivity contribution in [3.05, 3.63) is 0 Å². The smallest absolute Gasteiger partial charge is 0.317 e. The summed E-state index contributed by atoms with van der Waals surface area (Å²) >= 11 is 0. The third-order valence-corrected chi connectivity index (χ3v) is 5.56. The third-order valence-electron chi connectivity index (χ3n) is 5.56. The van der Waals surface area contributed by atoms with Crippen LogP contribution in [0.3, 0.4) is 0 Å². The minimum absolute atomic E-state index is 0.0609. The molecule has 0 aliphatic heterocycles. The fourth-order valence-corrected chi connectivity index (χ4v) is 3.71. The van der Waals surface area contributed by atoms with E-state index >= 15 is 0 Å². The quantitative estimate of drug-likeness (QED) is 0.683. The zero-order valence-electron chi connectivity index (χ0n) is 13.5. The average molecular weight is 308 g/mol. The van der Waals surface area contributed by atoms with Gasteiger partial charge >= 0.3 is 5.97 Å². The maximum absolute atomic E-state index is 12.3. The van der Waals surface area contributed by atoms with Crippen molar-refractivity contribution < 1.29 is 14.7 Å². The summed E-state index contributed by atoms with van der Waals surface area (Å²) in [5.41, 5.74) is -0.0609. The van der Waals surface area contributed by atoms with Crippen LogP contribution in [0.2, 0.25) is 0 Å². The van der Waals surface area contributed by atoms with E-state index in [0.717, 1.165) is 45.1 Å². The molecular weight excluding hydrogens is 280 g/mol. The van der Waals surface area contributed by atoms with E-state index in [2.05, 4.69) is 17.1 Å². The number of carbonyl (C=O) groups excluding carboxylic acids is 1. The van der Waals surface area contributed by atoms with E-state index in [0.29, 0.717) is 12.0 Å². The Kier molecular flexibility index (Phi) is 4.44. The van der Waals surface area contributed by atoms with Crippen molar-refractivity contribution in [2.45, 2.75) is 70.4 Å². The van der Waals surface area contributed by atoms with E-state index in [9.17, 15) is 9.59 Å². The molecule has 0 aromatic heterocycles. The fraction of sp³-hybridized carbons (Fsp3) is 0.882. The zero-order chi connectivity index (χ0) is 15.7. The Bertz CT molecular complexity index is 437. The van der Waals surface area contributed by atoms with Gasteiger partial charge in [0.1, 0.15) is 0 Å². The first kappa shape index (κ1) is 15.8. The van der Waals surface area contributed by atoms with Crippen LogP contribution >= 0.6 is 0 Å². The lowest BCUT2D eigenvalue weighted by Crippen LogP contribution is -2.56. The lowest BCUT2D eigenvalue weighted by Gasteiger charge is -2.43. The minimum Gasteiger partial charge on any atom is -0.480 e. The van der Waals surface area contributed by atoms with Crippen molar-refractivity contribution in [3.8, 4) is 0 Å². The molecule has 0 saturated heterocycles. The number of carboxylic acid groups (broad SMARTS) is 1. The highest BCUT2D eigenvalue weighted by molar-refractivity contribution is 5.85. The van der Waals surface area contributed by atoms with Crippen molar-refractivity contribution in [3.63, 3.8) is 0 Å². The van der Waals surface area contributed by atoms with Gasteiger partial charge < -0.3 is 10.4 Å². The maximum atomic E-state index is 12.3. The van der Waals surface area contributed by atoms with Crippen LogP contribution in [0, 0.1) is 11.3 Å². The van der Waals surface area contributed by atoms with Crippen LogP contribution < -0.4 is 5.32 Å². The minimum atomic E-state index is -0.743. The number of carboxylic acids is 1. The molecular formula is C17H28N2O3. The van der Waals surface area contributed by atoms with Gasteiger partial charge in [-0.25, -0.2) is 0 Å². The molecule has 3 fully saturated rings. The van der Waals surface area contributed by atoms with E-state index in [1.807, 2.05) is 0 Å². The molecule has 0 atom stereocenters. The molecule has 0 aromatic rings. The van der Waals surface area contributed by atoms with Crippen LogP contribution in [-0.4, -0.2) is 47.1 Å². The molecule has 0 heterocycles. The maximum Gasteiger partial charge on any atom is 0.317 e. The van der Waals surface area contributed by atoms with Crippen LogP contribution in [-0.2, 0) is 9.59 Å². The zero-order valence-corrected chi connectivity index (χ0v) is 13.5. The number of rotatable bonds is 9. The van der Waals surface area contributed by atoms with Crippen LogP contribution in [0.4, 0.5) is 0 Å². The van der Waals surface area contributed by atoms with Crippen LogP contribution in [0.1, 0.15) is 58.3 Å². The van der Waals surface area contributed by atoms with Gasteiger partial charge in [0.15, 0.2) is 0 Å². The van der Waals surface area contributed by atoms with Crippen molar-refractivity contribution in [2.75, 3.05) is 13.1 Å². The number of carbonyl (C=O) groups is 2. The van der Waals surface area contributed by atoms with E-state index in [4.69, 9.17) is 5.11 Å². The Labute approximate surface area is 132 Å². The Morgan fingerprint density at radius 1 is 1.27 bits per heavy atom.